The molecule has 6 nitrogen and oxygen atoms in total. The minimum absolute atomic E-state index is 0.0462. The first kappa shape index (κ1) is 22.4. The van der Waals surface area contributed by atoms with E-state index in [9.17, 15) is 19.8 Å². The van der Waals surface area contributed by atoms with Gasteiger partial charge in [-0.2, -0.15) is 0 Å². The fraction of sp³-hybridized carbons (Fsp3) is 0.154. The number of phenolic OH excluding ortho intramolecular Hbond substituents is 1. The standard InChI is InChI=1S/C26H22ClNO5/c1-14-5-4-6-20(15(14)2)28-23(16-7-10-18(29)11-8-16)22(25(31)26(28)32)24(30)17-9-12-19(27)21(13-17)33-3/h4-13,23,29-30H,1-3H3/b24-22+. The average molecular weight is 464 g/mol. The Labute approximate surface area is 196 Å². The summed E-state index contributed by atoms with van der Waals surface area (Å²) in [5.41, 5.74) is 3.17. The quantitative estimate of drug-likeness (QED) is 0.311. The number of Topliss-reactive ketones (excluding diaryl/α,β-unsaturated/α-hetero) is 1. The molecule has 0 spiro atoms. The second-order valence-electron chi connectivity index (χ2n) is 7.83. The van der Waals surface area contributed by atoms with E-state index in [1.807, 2.05) is 26.0 Å². The molecular formula is C26H22ClNO5. The fourth-order valence-corrected chi connectivity index (χ4v) is 4.21. The number of hydrogen-bond acceptors (Lipinski definition) is 5. The summed E-state index contributed by atoms with van der Waals surface area (Å²) < 4.78 is 5.23. The second-order valence-corrected chi connectivity index (χ2v) is 8.24. The highest BCUT2D eigenvalue weighted by Crippen LogP contribution is 2.44. The van der Waals surface area contributed by atoms with E-state index < -0.39 is 17.7 Å². The van der Waals surface area contributed by atoms with Gasteiger partial charge in [0.2, 0.25) is 0 Å². The molecule has 1 heterocycles. The zero-order chi connectivity index (χ0) is 23.9. The van der Waals surface area contributed by atoms with Crippen molar-refractivity contribution in [3.8, 4) is 11.5 Å². The molecule has 0 radical (unpaired) electrons. The first-order chi connectivity index (χ1) is 15.7. The molecule has 0 bridgehead atoms. The van der Waals surface area contributed by atoms with Gasteiger partial charge in [-0.25, -0.2) is 0 Å². The predicted molar refractivity (Wildman–Crippen MR) is 127 cm³/mol. The van der Waals surface area contributed by atoms with E-state index in [4.69, 9.17) is 16.3 Å². The van der Waals surface area contributed by atoms with Crippen LogP contribution in [0.3, 0.4) is 0 Å². The zero-order valence-electron chi connectivity index (χ0n) is 18.3. The van der Waals surface area contributed by atoms with Gasteiger partial charge in [-0.15, -0.1) is 0 Å². The van der Waals surface area contributed by atoms with Crippen LogP contribution in [0, 0.1) is 13.8 Å². The van der Waals surface area contributed by atoms with E-state index in [0.717, 1.165) is 11.1 Å². The molecule has 0 saturated carbocycles. The van der Waals surface area contributed by atoms with E-state index in [0.29, 0.717) is 27.6 Å². The molecule has 1 aliphatic rings. The van der Waals surface area contributed by atoms with Crippen LogP contribution in [0.4, 0.5) is 5.69 Å². The van der Waals surface area contributed by atoms with Crippen molar-refractivity contribution in [1.29, 1.82) is 0 Å². The molecule has 0 aliphatic carbocycles. The Morgan fingerprint density at radius 2 is 1.73 bits per heavy atom. The van der Waals surface area contributed by atoms with Crippen LogP contribution in [0.15, 0.2) is 66.2 Å². The number of aliphatic hydroxyl groups excluding tert-OH is 1. The van der Waals surface area contributed by atoms with E-state index in [1.165, 1.54) is 30.2 Å². The van der Waals surface area contributed by atoms with Crippen LogP contribution in [0.25, 0.3) is 5.76 Å². The van der Waals surface area contributed by atoms with Crippen LogP contribution < -0.4 is 9.64 Å². The zero-order valence-corrected chi connectivity index (χ0v) is 19.1. The van der Waals surface area contributed by atoms with Gasteiger partial charge in [0.05, 0.1) is 23.7 Å². The SMILES string of the molecule is COc1cc(/C(O)=C2\C(=O)C(=O)N(c3cccc(C)c3C)C2c2ccc(O)cc2)ccc1Cl. The van der Waals surface area contributed by atoms with Gasteiger partial charge in [0.25, 0.3) is 11.7 Å². The highest BCUT2D eigenvalue weighted by atomic mass is 35.5. The Bertz CT molecular complexity index is 1300. The number of halogens is 1. The van der Waals surface area contributed by atoms with Crippen LogP contribution >= 0.6 is 11.6 Å². The maximum absolute atomic E-state index is 13.3. The molecule has 1 unspecified atom stereocenters. The third kappa shape index (κ3) is 3.83. The van der Waals surface area contributed by atoms with Crippen molar-refractivity contribution in [3.05, 3.63) is 93.5 Å². The lowest BCUT2D eigenvalue weighted by atomic mass is 9.94. The van der Waals surface area contributed by atoms with E-state index in [-0.39, 0.29) is 17.1 Å². The van der Waals surface area contributed by atoms with Gasteiger partial charge in [0.15, 0.2) is 0 Å². The number of aliphatic hydroxyl groups is 1. The summed E-state index contributed by atoms with van der Waals surface area (Å²) in [6.07, 6.45) is 0. The molecule has 1 aliphatic heterocycles. The Hall–Kier alpha value is -3.77. The summed E-state index contributed by atoms with van der Waals surface area (Å²) in [6.45, 7) is 3.80. The first-order valence-corrected chi connectivity index (χ1v) is 10.6. The molecule has 2 N–H and O–H groups in total. The van der Waals surface area contributed by atoms with E-state index >= 15 is 0 Å². The molecule has 33 heavy (non-hydrogen) atoms. The summed E-state index contributed by atoms with van der Waals surface area (Å²) in [5.74, 6) is -1.52. The summed E-state index contributed by atoms with van der Waals surface area (Å²) >= 11 is 6.11. The van der Waals surface area contributed by atoms with Crippen molar-refractivity contribution in [1.82, 2.24) is 0 Å². The van der Waals surface area contributed by atoms with Crippen molar-refractivity contribution in [2.45, 2.75) is 19.9 Å². The average Bonchev–Trinajstić information content (AvgIpc) is 3.06. The monoisotopic (exact) mass is 463 g/mol. The van der Waals surface area contributed by atoms with Crippen LogP contribution in [0.1, 0.15) is 28.3 Å². The number of carbonyl (C=O) groups excluding carboxylic acids is 2. The highest BCUT2D eigenvalue weighted by Gasteiger charge is 2.47. The molecule has 1 fully saturated rings. The number of ether oxygens (including phenoxy) is 1. The Kier molecular flexibility index (Phi) is 5.87. The third-order valence-corrected chi connectivity index (χ3v) is 6.23. The molecular weight excluding hydrogens is 442 g/mol. The number of phenols is 1. The fourth-order valence-electron chi connectivity index (χ4n) is 4.01. The Morgan fingerprint density at radius 3 is 2.39 bits per heavy atom. The number of aryl methyl sites for hydroxylation is 1. The van der Waals surface area contributed by atoms with Gasteiger partial charge in [0.1, 0.15) is 17.3 Å². The minimum atomic E-state index is -0.896. The second kappa shape index (κ2) is 8.64. The number of benzene rings is 3. The van der Waals surface area contributed by atoms with Crippen LogP contribution in [-0.2, 0) is 9.59 Å². The first-order valence-electron chi connectivity index (χ1n) is 10.2. The predicted octanol–water partition coefficient (Wildman–Crippen LogP) is 5.30. The Morgan fingerprint density at radius 1 is 1.03 bits per heavy atom. The molecule has 1 amide bonds. The number of amides is 1. The number of methoxy groups -OCH3 is 1. The number of carbonyl (C=O) groups is 2. The summed E-state index contributed by atoms with van der Waals surface area (Å²) in [4.78, 5) is 27.9. The van der Waals surface area contributed by atoms with E-state index in [2.05, 4.69) is 0 Å². The Balaban J connectivity index is 1.98. The summed E-state index contributed by atoms with van der Waals surface area (Å²) in [7, 11) is 1.45. The van der Waals surface area contributed by atoms with Gasteiger partial charge in [-0.3, -0.25) is 14.5 Å². The van der Waals surface area contributed by atoms with Crippen molar-refractivity contribution in [2.24, 2.45) is 0 Å². The lowest BCUT2D eigenvalue weighted by molar-refractivity contribution is -0.132. The molecule has 7 heteroatoms. The lowest BCUT2D eigenvalue weighted by Gasteiger charge is -2.27. The highest BCUT2D eigenvalue weighted by molar-refractivity contribution is 6.51. The largest absolute Gasteiger partial charge is 0.508 e. The van der Waals surface area contributed by atoms with Crippen LogP contribution in [-0.4, -0.2) is 29.0 Å². The molecule has 168 valence electrons. The number of hydrogen-bond donors (Lipinski definition) is 2. The maximum atomic E-state index is 13.3. The van der Waals surface area contributed by atoms with E-state index in [1.54, 1.807) is 30.3 Å². The van der Waals surface area contributed by atoms with Crippen molar-refractivity contribution in [3.63, 3.8) is 0 Å². The van der Waals surface area contributed by atoms with Gasteiger partial charge in [-0.1, -0.05) is 35.9 Å². The summed E-state index contributed by atoms with van der Waals surface area (Å²) in [6, 6.07) is 15.4. The number of rotatable bonds is 4. The molecule has 1 saturated heterocycles. The van der Waals surface area contributed by atoms with Crippen molar-refractivity contribution >= 4 is 34.7 Å². The molecule has 1 atom stereocenters. The maximum Gasteiger partial charge on any atom is 0.300 e. The van der Waals surface area contributed by atoms with Gasteiger partial charge >= 0.3 is 0 Å². The van der Waals surface area contributed by atoms with Gasteiger partial charge in [0, 0.05) is 11.3 Å². The van der Waals surface area contributed by atoms with Gasteiger partial charge in [-0.05, 0) is 66.9 Å². The molecule has 3 aromatic rings. The number of anilines is 1. The number of ketones is 1. The van der Waals surface area contributed by atoms with Crippen LogP contribution in [0.2, 0.25) is 5.02 Å². The van der Waals surface area contributed by atoms with Crippen molar-refractivity contribution in [2.75, 3.05) is 12.0 Å². The number of aromatic hydroxyl groups is 1. The third-order valence-electron chi connectivity index (χ3n) is 5.91. The smallest absolute Gasteiger partial charge is 0.300 e. The minimum Gasteiger partial charge on any atom is -0.508 e. The molecule has 3 aromatic carbocycles. The number of nitrogens with zero attached hydrogens (tertiary/aromatic N) is 1. The molecule has 4 rings (SSSR count). The summed E-state index contributed by atoms with van der Waals surface area (Å²) in [5, 5.41) is 21.3. The van der Waals surface area contributed by atoms with Crippen LogP contribution in [0.5, 0.6) is 11.5 Å². The molecule has 0 aromatic heterocycles. The lowest BCUT2D eigenvalue weighted by Crippen LogP contribution is -2.30. The normalized spacial score (nSPS) is 17.5. The van der Waals surface area contributed by atoms with Crippen molar-refractivity contribution < 1.29 is 24.5 Å². The topological polar surface area (TPSA) is 87.1 Å². The van der Waals surface area contributed by atoms with Gasteiger partial charge < -0.3 is 14.9 Å².